The summed E-state index contributed by atoms with van der Waals surface area (Å²) in [7, 11) is 0. The van der Waals surface area contributed by atoms with Crippen molar-refractivity contribution < 1.29 is 13.9 Å². The van der Waals surface area contributed by atoms with E-state index in [1.165, 1.54) is 11.3 Å². The number of carbonyl (C=O) groups excluding carboxylic acids is 1. The minimum atomic E-state index is -0.475. The van der Waals surface area contributed by atoms with E-state index in [0.29, 0.717) is 17.9 Å². The summed E-state index contributed by atoms with van der Waals surface area (Å²) in [6, 6.07) is 10.4. The van der Waals surface area contributed by atoms with Gasteiger partial charge in [-0.15, -0.1) is 11.3 Å². The quantitative estimate of drug-likeness (QED) is 0.421. The molecule has 0 saturated heterocycles. The maximum absolute atomic E-state index is 14.6. The molecule has 1 N–H and O–H groups in total. The van der Waals surface area contributed by atoms with Crippen molar-refractivity contribution in [2.75, 3.05) is 11.9 Å². The highest BCUT2D eigenvalue weighted by atomic mass is 32.1. The lowest BCUT2D eigenvalue weighted by atomic mass is 10.1. The molecule has 0 saturated carbocycles. The highest BCUT2D eigenvalue weighted by Crippen LogP contribution is 2.23. The van der Waals surface area contributed by atoms with Crippen molar-refractivity contribution in [1.29, 1.82) is 0 Å². The highest BCUT2D eigenvalue weighted by Gasteiger charge is 2.13. The Morgan fingerprint density at radius 3 is 3.07 bits per heavy atom. The number of unbranched alkanes of at least 4 members (excludes halogenated alkanes) is 1. The molecule has 1 heterocycles. The molecule has 0 aliphatic heterocycles. The number of benzene rings is 2. The number of thiazole rings is 1. The summed E-state index contributed by atoms with van der Waals surface area (Å²) in [6.07, 6.45) is 5.68. The number of nitrogens with one attached hydrogen (secondary N) is 1. The van der Waals surface area contributed by atoms with Gasteiger partial charge < -0.3 is 10.1 Å². The van der Waals surface area contributed by atoms with Gasteiger partial charge in [0.1, 0.15) is 0 Å². The molecule has 0 aliphatic rings. The number of halogens is 1. The molecule has 0 radical (unpaired) electrons. The van der Waals surface area contributed by atoms with Crippen LogP contribution in [0.4, 0.5) is 10.1 Å². The predicted octanol–water partition coefficient (Wildman–Crippen LogP) is 5.35. The largest absolute Gasteiger partial charge is 0.490 e. The maximum atomic E-state index is 14.6. The molecule has 1 aromatic heterocycles. The molecule has 3 aromatic rings. The molecule has 4 nitrogen and oxygen atoms in total. The van der Waals surface area contributed by atoms with Gasteiger partial charge in [-0.05, 0) is 44.0 Å². The Morgan fingerprint density at radius 1 is 1.33 bits per heavy atom. The molecule has 0 spiro atoms. The number of rotatable bonds is 8. The minimum absolute atomic E-state index is 0.0532. The number of ether oxygens (including phenoxy) is 1. The standard InChI is InChI=1S/C21H21FN2O2S/c1-2-3-4-5-11-26-18-8-6-7-15(21(18)22)12-20(25)24-16-9-10-17-19(13-16)27-14-23-17/h2-3,6-10,13-14H,4-5,11-12H2,1H3,(H,24,25). The van der Waals surface area contributed by atoms with Gasteiger partial charge in [0.15, 0.2) is 11.6 Å². The fraction of sp³-hybridized carbons (Fsp3) is 0.238. The average Bonchev–Trinajstić information content (AvgIpc) is 3.12. The van der Waals surface area contributed by atoms with Gasteiger partial charge in [-0.2, -0.15) is 0 Å². The second-order valence-corrected chi connectivity index (χ2v) is 6.94. The van der Waals surface area contributed by atoms with Crippen LogP contribution in [-0.2, 0) is 11.2 Å². The van der Waals surface area contributed by atoms with E-state index < -0.39 is 5.82 Å². The van der Waals surface area contributed by atoms with Crippen LogP contribution in [0.25, 0.3) is 10.2 Å². The van der Waals surface area contributed by atoms with E-state index in [-0.39, 0.29) is 18.1 Å². The van der Waals surface area contributed by atoms with E-state index >= 15 is 0 Å². The minimum Gasteiger partial charge on any atom is -0.490 e. The topological polar surface area (TPSA) is 51.2 Å². The summed E-state index contributed by atoms with van der Waals surface area (Å²) in [5, 5.41) is 2.81. The molecule has 0 fully saturated rings. The molecule has 1 amide bonds. The summed E-state index contributed by atoms with van der Waals surface area (Å²) >= 11 is 1.51. The van der Waals surface area contributed by atoms with E-state index in [0.717, 1.165) is 23.1 Å². The number of nitrogens with zero attached hydrogens (tertiary/aromatic N) is 1. The number of hydrogen-bond acceptors (Lipinski definition) is 4. The fourth-order valence-corrected chi connectivity index (χ4v) is 3.38. The zero-order valence-corrected chi connectivity index (χ0v) is 15.9. The summed E-state index contributed by atoms with van der Waals surface area (Å²) < 4.78 is 21.1. The van der Waals surface area contributed by atoms with Crippen LogP contribution >= 0.6 is 11.3 Å². The lowest BCUT2D eigenvalue weighted by Crippen LogP contribution is -2.15. The van der Waals surface area contributed by atoms with Crippen molar-refractivity contribution in [3.63, 3.8) is 0 Å². The molecular formula is C21H21FN2O2S. The monoisotopic (exact) mass is 384 g/mol. The van der Waals surface area contributed by atoms with Crippen LogP contribution in [0.2, 0.25) is 0 Å². The lowest BCUT2D eigenvalue weighted by molar-refractivity contribution is -0.115. The third-order valence-corrected chi connectivity index (χ3v) is 4.81. The first-order chi connectivity index (χ1) is 13.2. The molecule has 140 valence electrons. The van der Waals surface area contributed by atoms with Gasteiger partial charge in [-0.25, -0.2) is 9.37 Å². The zero-order valence-electron chi connectivity index (χ0n) is 15.1. The number of hydrogen-bond donors (Lipinski definition) is 1. The van der Waals surface area contributed by atoms with Crippen LogP contribution in [0.15, 0.2) is 54.1 Å². The first-order valence-corrected chi connectivity index (χ1v) is 9.70. The van der Waals surface area contributed by atoms with Gasteiger partial charge >= 0.3 is 0 Å². The molecule has 0 aliphatic carbocycles. The summed E-state index contributed by atoms with van der Waals surface area (Å²) in [5.74, 6) is -0.563. The molecular weight excluding hydrogens is 363 g/mol. The number of anilines is 1. The molecule has 0 atom stereocenters. The van der Waals surface area contributed by atoms with E-state index in [2.05, 4.69) is 10.3 Å². The summed E-state index contributed by atoms with van der Waals surface area (Å²) in [5.41, 5.74) is 3.64. The van der Waals surface area contributed by atoms with Crippen LogP contribution in [0.5, 0.6) is 5.75 Å². The van der Waals surface area contributed by atoms with Crippen LogP contribution in [0.1, 0.15) is 25.3 Å². The molecule has 3 rings (SSSR count). The average molecular weight is 384 g/mol. The Balaban J connectivity index is 1.60. The fourth-order valence-electron chi connectivity index (χ4n) is 2.67. The van der Waals surface area contributed by atoms with Gasteiger partial charge in [0.2, 0.25) is 5.91 Å². The smallest absolute Gasteiger partial charge is 0.228 e. The van der Waals surface area contributed by atoms with E-state index in [1.807, 2.05) is 31.2 Å². The number of allylic oxidation sites excluding steroid dienone is 2. The Hall–Kier alpha value is -2.73. The van der Waals surface area contributed by atoms with E-state index in [1.54, 1.807) is 29.8 Å². The number of aromatic nitrogens is 1. The Labute approximate surface area is 161 Å². The van der Waals surface area contributed by atoms with Crippen LogP contribution in [-0.4, -0.2) is 17.5 Å². The number of amides is 1. The van der Waals surface area contributed by atoms with Gasteiger partial charge in [0.05, 0.1) is 28.8 Å². The second-order valence-electron chi connectivity index (χ2n) is 6.05. The van der Waals surface area contributed by atoms with Gasteiger partial charge in [-0.1, -0.05) is 24.3 Å². The first kappa shape index (κ1) is 19.0. The predicted molar refractivity (Wildman–Crippen MR) is 108 cm³/mol. The Bertz CT molecular complexity index is 952. The molecule has 6 heteroatoms. The van der Waals surface area contributed by atoms with Crippen molar-refractivity contribution in [3.8, 4) is 5.75 Å². The lowest BCUT2D eigenvalue weighted by Gasteiger charge is -2.10. The zero-order chi connectivity index (χ0) is 19.1. The molecule has 0 unspecified atom stereocenters. The van der Waals surface area contributed by atoms with Crippen molar-refractivity contribution >= 4 is 33.1 Å². The number of fused-ring (bicyclic) bond motifs is 1. The molecule has 2 aromatic carbocycles. The normalized spacial score (nSPS) is 11.2. The van der Waals surface area contributed by atoms with Gasteiger partial charge in [0.25, 0.3) is 0 Å². The van der Waals surface area contributed by atoms with E-state index in [9.17, 15) is 9.18 Å². The first-order valence-electron chi connectivity index (χ1n) is 8.82. The Morgan fingerprint density at radius 2 is 2.22 bits per heavy atom. The van der Waals surface area contributed by atoms with Crippen molar-refractivity contribution in [1.82, 2.24) is 4.98 Å². The maximum Gasteiger partial charge on any atom is 0.228 e. The van der Waals surface area contributed by atoms with Gasteiger partial charge in [-0.3, -0.25) is 4.79 Å². The Kier molecular flexibility index (Phi) is 6.54. The van der Waals surface area contributed by atoms with Crippen molar-refractivity contribution in [2.45, 2.75) is 26.2 Å². The summed E-state index contributed by atoms with van der Waals surface area (Å²) in [4.78, 5) is 16.5. The third kappa shape index (κ3) is 5.14. The van der Waals surface area contributed by atoms with Crippen LogP contribution in [0, 0.1) is 5.82 Å². The summed E-state index contributed by atoms with van der Waals surface area (Å²) in [6.45, 7) is 2.40. The number of carbonyl (C=O) groups is 1. The van der Waals surface area contributed by atoms with Crippen LogP contribution in [0.3, 0.4) is 0 Å². The molecule has 27 heavy (non-hydrogen) atoms. The van der Waals surface area contributed by atoms with E-state index in [4.69, 9.17) is 4.74 Å². The second kappa shape index (κ2) is 9.28. The van der Waals surface area contributed by atoms with Crippen LogP contribution < -0.4 is 10.1 Å². The van der Waals surface area contributed by atoms with Crippen molar-refractivity contribution in [2.24, 2.45) is 0 Å². The van der Waals surface area contributed by atoms with Gasteiger partial charge in [0, 0.05) is 11.3 Å². The SMILES string of the molecule is CC=CCCCOc1cccc(CC(=O)Nc2ccc3ncsc3c2)c1F. The van der Waals surface area contributed by atoms with Crippen molar-refractivity contribution in [3.05, 3.63) is 65.4 Å². The molecule has 0 bridgehead atoms. The highest BCUT2D eigenvalue weighted by molar-refractivity contribution is 7.16. The third-order valence-electron chi connectivity index (χ3n) is 4.02.